The number of carbonyl (C=O) groups is 1. The molecule has 1 atom stereocenters. The van der Waals surface area contributed by atoms with Crippen LogP contribution in [0.2, 0.25) is 0 Å². The van der Waals surface area contributed by atoms with E-state index in [0.29, 0.717) is 12.6 Å². The van der Waals surface area contributed by atoms with Crippen LogP contribution in [0.4, 0.5) is 5.69 Å². The van der Waals surface area contributed by atoms with Crippen LogP contribution in [0.15, 0.2) is 48.5 Å². The van der Waals surface area contributed by atoms with Gasteiger partial charge in [-0.05, 0) is 43.0 Å². The Morgan fingerprint density at radius 3 is 2.59 bits per heavy atom. The number of methoxy groups -OCH3 is 1. The number of fused-ring (bicyclic) bond motifs is 1. The maximum atomic E-state index is 13.0. The highest BCUT2D eigenvalue weighted by Crippen LogP contribution is 2.29. The molecular formula is C24H31N3O2. The van der Waals surface area contributed by atoms with E-state index in [0.717, 1.165) is 57.0 Å². The van der Waals surface area contributed by atoms with Crippen molar-refractivity contribution in [3.63, 3.8) is 0 Å². The Bertz CT molecular complexity index is 854. The molecule has 2 aliphatic heterocycles. The van der Waals surface area contributed by atoms with Gasteiger partial charge in [0.05, 0.1) is 19.3 Å². The molecule has 2 aromatic carbocycles. The van der Waals surface area contributed by atoms with Gasteiger partial charge in [-0.1, -0.05) is 36.4 Å². The van der Waals surface area contributed by atoms with E-state index in [-0.39, 0.29) is 5.91 Å². The lowest BCUT2D eigenvalue weighted by atomic mass is 10.00. The minimum Gasteiger partial charge on any atom is -0.495 e. The molecule has 0 bridgehead atoms. The lowest BCUT2D eigenvalue weighted by Gasteiger charge is -2.32. The number of hydrogen-bond donors (Lipinski definition) is 0. The van der Waals surface area contributed by atoms with Crippen LogP contribution >= 0.6 is 0 Å². The first-order valence-electron chi connectivity index (χ1n) is 10.6. The molecule has 0 spiro atoms. The first-order chi connectivity index (χ1) is 14.2. The quantitative estimate of drug-likeness (QED) is 0.799. The van der Waals surface area contributed by atoms with E-state index in [1.54, 1.807) is 7.11 Å². The van der Waals surface area contributed by atoms with Gasteiger partial charge < -0.3 is 14.5 Å². The molecule has 0 saturated carbocycles. The number of benzene rings is 2. The number of carbonyl (C=O) groups excluding carboxylic acids is 1. The lowest BCUT2D eigenvalue weighted by Crippen LogP contribution is -2.45. The summed E-state index contributed by atoms with van der Waals surface area (Å²) < 4.78 is 5.55. The Balaban J connectivity index is 1.39. The van der Waals surface area contributed by atoms with Crippen molar-refractivity contribution in [3.05, 3.63) is 59.7 Å². The Labute approximate surface area is 173 Å². The minimum absolute atomic E-state index is 0.247. The molecule has 154 valence electrons. The Morgan fingerprint density at radius 1 is 1.00 bits per heavy atom. The molecule has 1 saturated heterocycles. The van der Waals surface area contributed by atoms with E-state index in [4.69, 9.17) is 4.74 Å². The molecule has 2 heterocycles. The van der Waals surface area contributed by atoms with Crippen LogP contribution in [0.3, 0.4) is 0 Å². The summed E-state index contributed by atoms with van der Waals surface area (Å²) in [6.07, 6.45) is 1.99. The molecule has 1 unspecified atom stereocenters. The number of para-hydroxylation sites is 2. The lowest BCUT2D eigenvalue weighted by molar-refractivity contribution is -0.133. The van der Waals surface area contributed by atoms with Crippen molar-refractivity contribution in [2.24, 2.45) is 0 Å². The molecule has 2 aliphatic rings. The number of anilines is 1. The number of nitrogens with zero attached hydrogens (tertiary/aromatic N) is 3. The molecule has 1 fully saturated rings. The zero-order chi connectivity index (χ0) is 20.2. The molecule has 0 radical (unpaired) electrons. The molecule has 0 N–H and O–H groups in total. The fourth-order valence-corrected chi connectivity index (χ4v) is 4.46. The van der Waals surface area contributed by atoms with Crippen LogP contribution in [0.1, 0.15) is 24.5 Å². The van der Waals surface area contributed by atoms with Crippen molar-refractivity contribution in [3.8, 4) is 5.75 Å². The van der Waals surface area contributed by atoms with Crippen LogP contribution in [-0.2, 0) is 17.8 Å². The van der Waals surface area contributed by atoms with Crippen LogP contribution < -0.4 is 9.64 Å². The average Bonchev–Trinajstić information content (AvgIpc) is 2.95. The van der Waals surface area contributed by atoms with Crippen molar-refractivity contribution in [2.45, 2.75) is 32.4 Å². The van der Waals surface area contributed by atoms with Crippen molar-refractivity contribution in [2.75, 3.05) is 44.7 Å². The topological polar surface area (TPSA) is 36.0 Å². The van der Waals surface area contributed by atoms with Gasteiger partial charge in [0.25, 0.3) is 0 Å². The standard InChI is InChI=1S/C24H31N3O2/c1-19-11-13-25(22-9-5-6-10-23(22)29-2)15-16-26(19)18-24(28)27-14-12-20-7-3-4-8-21(20)17-27/h3-10,19H,11-18H2,1-2H3. The number of hydrogen-bond acceptors (Lipinski definition) is 4. The van der Waals surface area contributed by atoms with Crippen LogP contribution in [0.25, 0.3) is 0 Å². The van der Waals surface area contributed by atoms with E-state index in [1.807, 2.05) is 17.0 Å². The summed E-state index contributed by atoms with van der Waals surface area (Å²) in [4.78, 5) is 19.8. The van der Waals surface area contributed by atoms with Crippen molar-refractivity contribution >= 4 is 11.6 Å². The molecule has 5 nitrogen and oxygen atoms in total. The second-order valence-corrected chi connectivity index (χ2v) is 8.10. The highest BCUT2D eigenvalue weighted by molar-refractivity contribution is 5.78. The molecule has 4 rings (SSSR count). The van der Waals surface area contributed by atoms with Crippen molar-refractivity contribution in [1.29, 1.82) is 0 Å². The van der Waals surface area contributed by atoms with Crippen LogP contribution in [-0.4, -0.2) is 61.6 Å². The first kappa shape index (κ1) is 19.8. The third-order valence-corrected chi connectivity index (χ3v) is 6.34. The van der Waals surface area contributed by atoms with Crippen LogP contribution in [0.5, 0.6) is 5.75 Å². The van der Waals surface area contributed by atoms with Gasteiger partial charge in [-0.25, -0.2) is 0 Å². The van der Waals surface area contributed by atoms with E-state index >= 15 is 0 Å². The zero-order valence-corrected chi connectivity index (χ0v) is 17.5. The second-order valence-electron chi connectivity index (χ2n) is 8.10. The van der Waals surface area contributed by atoms with Gasteiger partial charge in [0, 0.05) is 38.8 Å². The molecule has 0 aromatic heterocycles. The maximum Gasteiger partial charge on any atom is 0.237 e. The normalized spacial score (nSPS) is 20.1. The van der Waals surface area contributed by atoms with Crippen molar-refractivity contribution < 1.29 is 9.53 Å². The molecule has 0 aliphatic carbocycles. The van der Waals surface area contributed by atoms with Gasteiger partial charge in [-0.3, -0.25) is 9.69 Å². The van der Waals surface area contributed by atoms with Gasteiger partial charge in [0.1, 0.15) is 5.75 Å². The largest absolute Gasteiger partial charge is 0.495 e. The van der Waals surface area contributed by atoms with E-state index < -0.39 is 0 Å². The monoisotopic (exact) mass is 393 g/mol. The summed E-state index contributed by atoms with van der Waals surface area (Å²) in [6, 6.07) is 17.1. The minimum atomic E-state index is 0.247. The van der Waals surface area contributed by atoms with Gasteiger partial charge in [-0.2, -0.15) is 0 Å². The van der Waals surface area contributed by atoms with E-state index in [2.05, 4.69) is 53.1 Å². The summed E-state index contributed by atoms with van der Waals surface area (Å²) in [5.41, 5.74) is 3.81. The van der Waals surface area contributed by atoms with Crippen molar-refractivity contribution in [1.82, 2.24) is 9.80 Å². The Morgan fingerprint density at radius 2 is 1.76 bits per heavy atom. The number of ether oxygens (including phenoxy) is 1. The highest BCUT2D eigenvalue weighted by atomic mass is 16.5. The maximum absolute atomic E-state index is 13.0. The second kappa shape index (κ2) is 8.87. The molecule has 1 amide bonds. The Hall–Kier alpha value is -2.53. The summed E-state index contributed by atoms with van der Waals surface area (Å²) in [6.45, 7) is 7.07. The first-order valence-corrected chi connectivity index (χ1v) is 10.6. The summed E-state index contributed by atoms with van der Waals surface area (Å²) in [5.74, 6) is 1.16. The van der Waals surface area contributed by atoms with E-state index in [1.165, 1.54) is 11.1 Å². The molecule has 5 heteroatoms. The summed E-state index contributed by atoms with van der Waals surface area (Å²) in [7, 11) is 1.72. The SMILES string of the molecule is COc1ccccc1N1CCC(C)N(CC(=O)N2CCc3ccccc3C2)CC1. The Kier molecular flexibility index (Phi) is 6.05. The van der Waals surface area contributed by atoms with Crippen LogP contribution in [0, 0.1) is 0 Å². The third-order valence-electron chi connectivity index (χ3n) is 6.34. The fraction of sp³-hybridized carbons (Fsp3) is 0.458. The molecule has 2 aromatic rings. The highest BCUT2D eigenvalue weighted by Gasteiger charge is 2.27. The van der Waals surface area contributed by atoms with Gasteiger partial charge in [0.15, 0.2) is 0 Å². The van der Waals surface area contributed by atoms with Gasteiger partial charge in [0.2, 0.25) is 5.91 Å². The summed E-state index contributed by atoms with van der Waals surface area (Å²) >= 11 is 0. The predicted octanol–water partition coefficient (Wildman–Crippen LogP) is 3.18. The smallest absolute Gasteiger partial charge is 0.237 e. The fourth-order valence-electron chi connectivity index (χ4n) is 4.46. The van der Waals surface area contributed by atoms with Gasteiger partial charge >= 0.3 is 0 Å². The third kappa shape index (κ3) is 4.40. The average molecular weight is 394 g/mol. The predicted molar refractivity (Wildman–Crippen MR) is 116 cm³/mol. The number of amides is 1. The van der Waals surface area contributed by atoms with Gasteiger partial charge in [-0.15, -0.1) is 0 Å². The molecular weight excluding hydrogens is 362 g/mol. The summed E-state index contributed by atoms with van der Waals surface area (Å²) in [5, 5.41) is 0. The van der Waals surface area contributed by atoms with E-state index in [9.17, 15) is 4.79 Å². The molecule has 29 heavy (non-hydrogen) atoms. The zero-order valence-electron chi connectivity index (χ0n) is 17.5. The number of rotatable bonds is 4.